The Hall–Kier alpha value is -2.70. The van der Waals surface area contributed by atoms with Gasteiger partial charge in [0.05, 0.1) is 5.92 Å². The van der Waals surface area contributed by atoms with Crippen LogP contribution < -0.4 is 16.0 Å². The van der Waals surface area contributed by atoms with E-state index in [4.69, 9.17) is 0 Å². The van der Waals surface area contributed by atoms with Gasteiger partial charge < -0.3 is 10.6 Å². The third-order valence-electron chi connectivity index (χ3n) is 4.82. The lowest BCUT2D eigenvalue weighted by atomic mass is 9.79. The monoisotopic (exact) mass is 387 g/mol. The largest absolute Gasteiger partial charge is 0.351 e. The summed E-state index contributed by atoms with van der Waals surface area (Å²) in [5, 5.41) is 8.12. The molecule has 152 valence electrons. The van der Waals surface area contributed by atoms with Crippen LogP contribution in [0.4, 0.5) is 5.69 Å². The Bertz CT molecular complexity index is 781. The Kier molecular flexibility index (Phi) is 6.27. The summed E-state index contributed by atoms with van der Waals surface area (Å²) in [6.45, 7) is 8.91. The number of imide groups is 1. The van der Waals surface area contributed by atoms with Crippen molar-refractivity contribution in [3.8, 4) is 0 Å². The van der Waals surface area contributed by atoms with E-state index in [2.05, 4.69) is 16.0 Å². The van der Waals surface area contributed by atoms with Gasteiger partial charge in [0.1, 0.15) is 0 Å². The van der Waals surface area contributed by atoms with Crippen molar-refractivity contribution in [3.05, 3.63) is 29.8 Å². The summed E-state index contributed by atoms with van der Waals surface area (Å²) in [4.78, 5) is 47.3. The van der Waals surface area contributed by atoms with Crippen LogP contribution in [-0.4, -0.2) is 29.2 Å². The molecule has 1 atom stereocenters. The summed E-state index contributed by atoms with van der Waals surface area (Å²) in [6.07, 6.45) is 1.29. The van der Waals surface area contributed by atoms with Gasteiger partial charge in [-0.15, -0.1) is 0 Å². The molecule has 0 aliphatic carbocycles. The van der Waals surface area contributed by atoms with Gasteiger partial charge in [0.15, 0.2) is 0 Å². The van der Waals surface area contributed by atoms with Gasteiger partial charge in [-0.25, -0.2) is 0 Å². The van der Waals surface area contributed by atoms with Crippen molar-refractivity contribution in [1.82, 2.24) is 10.6 Å². The Morgan fingerprint density at radius 2 is 1.71 bits per heavy atom. The normalized spacial score (nSPS) is 17.7. The molecule has 4 amide bonds. The second-order valence-corrected chi connectivity index (χ2v) is 8.71. The van der Waals surface area contributed by atoms with Gasteiger partial charge in [-0.1, -0.05) is 26.0 Å². The molecule has 0 radical (unpaired) electrons. The highest BCUT2D eigenvalue weighted by atomic mass is 16.2. The first-order valence-electron chi connectivity index (χ1n) is 9.43. The van der Waals surface area contributed by atoms with Crippen LogP contribution in [0.3, 0.4) is 0 Å². The lowest BCUT2D eigenvalue weighted by molar-refractivity contribution is -0.134. The van der Waals surface area contributed by atoms with Crippen LogP contribution >= 0.6 is 0 Å². The summed E-state index contributed by atoms with van der Waals surface area (Å²) < 4.78 is 0. The van der Waals surface area contributed by atoms with Crippen LogP contribution in [0.2, 0.25) is 0 Å². The fourth-order valence-corrected chi connectivity index (χ4v) is 3.82. The molecule has 0 bridgehead atoms. The van der Waals surface area contributed by atoms with Gasteiger partial charge in [0, 0.05) is 30.0 Å². The second kappa shape index (κ2) is 8.12. The standard InChI is InChI=1S/C21H29N3O4/c1-13(25)24-21(4,5)12-20(2,3)19(28)22-15-8-6-14(7-9-15)16-10-11-17(26)23-18(16)27/h6-9,16H,10-12H2,1-5H3,(H,22,28)(H,24,25)(H,23,26,27). The fourth-order valence-electron chi connectivity index (χ4n) is 3.82. The average molecular weight is 387 g/mol. The van der Waals surface area contributed by atoms with E-state index >= 15 is 0 Å². The number of hydrogen-bond donors (Lipinski definition) is 3. The zero-order valence-electron chi connectivity index (χ0n) is 17.1. The zero-order chi connectivity index (χ0) is 21.1. The Morgan fingerprint density at radius 3 is 2.25 bits per heavy atom. The quantitative estimate of drug-likeness (QED) is 0.652. The van der Waals surface area contributed by atoms with Crippen molar-refractivity contribution >= 4 is 29.3 Å². The van der Waals surface area contributed by atoms with E-state index in [0.717, 1.165) is 5.56 Å². The van der Waals surface area contributed by atoms with E-state index in [1.165, 1.54) is 6.92 Å². The van der Waals surface area contributed by atoms with E-state index < -0.39 is 11.0 Å². The first-order valence-corrected chi connectivity index (χ1v) is 9.43. The average Bonchev–Trinajstić information content (AvgIpc) is 2.53. The summed E-state index contributed by atoms with van der Waals surface area (Å²) >= 11 is 0. The predicted octanol–water partition coefficient (Wildman–Crippen LogP) is 2.48. The predicted molar refractivity (Wildman–Crippen MR) is 106 cm³/mol. The second-order valence-electron chi connectivity index (χ2n) is 8.71. The summed E-state index contributed by atoms with van der Waals surface area (Å²) in [7, 11) is 0. The van der Waals surface area contributed by atoms with Crippen molar-refractivity contribution in [2.75, 3.05) is 5.32 Å². The van der Waals surface area contributed by atoms with Crippen molar-refractivity contribution in [2.24, 2.45) is 5.41 Å². The van der Waals surface area contributed by atoms with E-state index in [0.29, 0.717) is 24.9 Å². The first kappa shape index (κ1) is 21.6. The molecule has 3 N–H and O–H groups in total. The summed E-state index contributed by atoms with van der Waals surface area (Å²) in [5.41, 5.74) is 0.233. The molecule has 1 aromatic carbocycles. The molecule has 1 unspecified atom stereocenters. The Balaban J connectivity index is 2.02. The van der Waals surface area contributed by atoms with E-state index in [9.17, 15) is 19.2 Å². The van der Waals surface area contributed by atoms with Crippen molar-refractivity contribution < 1.29 is 19.2 Å². The molecular formula is C21H29N3O4. The SMILES string of the molecule is CC(=O)NC(C)(C)CC(C)(C)C(=O)Nc1ccc(C2CCC(=O)NC2=O)cc1. The molecule has 1 aromatic rings. The maximum atomic E-state index is 12.7. The number of benzene rings is 1. The van der Waals surface area contributed by atoms with Gasteiger partial charge >= 0.3 is 0 Å². The molecule has 0 spiro atoms. The first-order chi connectivity index (χ1) is 12.9. The number of nitrogens with one attached hydrogen (secondary N) is 3. The van der Waals surface area contributed by atoms with Gasteiger partial charge in [0.2, 0.25) is 23.6 Å². The van der Waals surface area contributed by atoms with Crippen LogP contribution in [0, 0.1) is 5.41 Å². The van der Waals surface area contributed by atoms with Crippen LogP contribution in [0.1, 0.15) is 65.4 Å². The van der Waals surface area contributed by atoms with E-state index in [-0.39, 0.29) is 29.5 Å². The lowest BCUT2D eigenvalue weighted by Crippen LogP contribution is -2.47. The highest BCUT2D eigenvalue weighted by Crippen LogP contribution is 2.30. The Morgan fingerprint density at radius 1 is 1.11 bits per heavy atom. The third kappa shape index (κ3) is 5.65. The van der Waals surface area contributed by atoms with Crippen LogP contribution in [-0.2, 0) is 19.2 Å². The lowest BCUT2D eigenvalue weighted by Gasteiger charge is -2.34. The van der Waals surface area contributed by atoms with Gasteiger partial charge in [-0.2, -0.15) is 0 Å². The minimum Gasteiger partial charge on any atom is -0.351 e. The topological polar surface area (TPSA) is 104 Å². The molecule has 7 nitrogen and oxygen atoms in total. The smallest absolute Gasteiger partial charge is 0.234 e. The van der Waals surface area contributed by atoms with Crippen molar-refractivity contribution in [1.29, 1.82) is 0 Å². The fraction of sp³-hybridized carbons (Fsp3) is 0.524. The molecule has 7 heteroatoms. The number of hydrogen-bond acceptors (Lipinski definition) is 4. The molecule has 2 rings (SSSR count). The number of piperidine rings is 1. The molecule has 1 saturated heterocycles. The van der Waals surface area contributed by atoms with E-state index in [1.807, 2.05) is 27.7 Å². The van der Waals surface area contributed by atoms with Crippen LogP contribution in [0.25, 0.3) is 0 Å². The molecule has 1 aliphatic heterocycles. The van der Waals surface area contributed by atoms with Crippen LogP contribution in [0.15, 0.2) is 24.3 Å². The minimum atomic E-state index is -0.700. The van der Waals surface area contributed by atoms with Crippen LogP contribution in [0.5, 0.6) is 0 Å². The number of amides is 4. The maximum absolute atomic E-state index is 12.7. The molecule has 1 aliphatic rings. The van der Waals surface area contributed by atoms with Gasteiger partial charge in [-0.05, 0) is 44.4 Å². The van der Waals surface area contributed by atoms with Gasteiger partial charge in [-0.3, -0.25) is 24.5 Å². The van der Waals surface area contributed by atoms with E-state index in [1.54, 1.807) is 24.3 Å². The van der Waals surface area contributed by atoms with Crippen molar-refractivity contribution in [3.63, 3.8) is 0 Å². The molecular weight excluding hydrogens is 358 g/mol. The number of carbonyl (C=O) groups is 4. The summed E-state index contributed by atoms with van der Waals surface area (Å²) in [5.74, 6) is -1.16. The van der Waals surface area contributed by atoms with Gasteiger partial charge in [0.25, 0.3) is 0 Å². The third-order valence-corrected chi connectivity index (χ3v) is 4.82. The minimum absolute atomic E-state index is 0.134. The van der Waals surface area contributed by atoms with Crippen molar-refractivity contribution in [2.45, 2.75) is 65.3 Å². The summed E-state index contributed by atoms with van der Waals surface area (Å²) in [6, 6.07) is 7.10. The highest BCUT2D eigenvalue weighted by molar-refractivity contribution is 6.01. The molecule has 28 heavy (non-hydrogen) atoms. The maximum Gasteiger partial charge on any atom is 0.234 e. The number of rotatable bonds is 6. The zero-order valence-corrected chi connectivity index (χ0v) is 17.1. The number of carbonyl (C=O) groups excluding carboxylic acids is 4. The Labute approximate surface area is 165 Å². The number of anilines is 1. The molecule has 1 heterocycles. The molecule has 0 saturated carbocycles. The highest BCUT2D eigenvalue weighted by Gasteiger charge is 2.35. The molecule has 1 fully saturated rings. The molecule has 0 aromatic heterocycles.